The summed E-state index contributed by atoms with van der Waals surface area (Å²) in [5.74, 6) is 0.266. The molecule has 3 fully saturated rings. The first kappa shape index (κ1) is 19.6. The third-order valence-corrected chi connectivity index (χ3v) is 7.76. The van der Waals surface area contributed by atoms with Crippen LogP contribution in [0, 0.1) is 0 Å². The molecule has 3 aliphatic rings. The molecule has 4 rings (SSSR count). The molecule has 0 radical (unpaired) electrons. The average Bonchev–Trinajstić information content (AvgIpc) is 3.44. The van der Waals surface area contributed by atoms with Gasteiger partial charge < -0.3 is 10.0 Å². The van der Waals surface area contributed by atoms with Crippen molar-refractivity contribution in [1.29, 1.82) is 0 Å². The molecule has 1 aromatic carbocycles. The molecule has 1 aromatic rings. The smallest absolute Gasteiger partial charge is 0.328 e. The zero-order valence-electron chi connectivity index (χ0n) is 16.7. The van der Waals surface area contributed by atoms with Gasteiger partial charge >= 0.3 is 5.97 Å². The lowest BCUT2D eigenvalue weighted by molar-refractivity contribution is -0.131. The second-order valence-electron chi connectivity index (χ2n) is 8.34. The van der Waals surface area contributed by atoms with Crippen molar-refractivity contribution < 1.29 is 9.90 Å². The minimum Gasteiger partial charge on any atom is -0.478 e. The van der Waals surface area contributed by atoms with Gasteiger partial charge in [-0.25, -0.2) is 9.79 Å². The predicted octanol–water partition coefficient (Wildman–Crippen LogP) is 5.64. The minimum absolute atomic E-state index is 0.342. The van der Waals surface area contributed by atoms with E-state index in [4.69, 9.17) is 10.1 Å². The van der Waals surface area contributed by atoms with E-state index in [1.807, 2.05) is 17.8 Å². The van der Waals surface area contributed by atoms with Gasteiger partial charge in [0, 0.05) is 17.9 Å². The fraction of sp³-hybridized carbons (Fsp3) is 0.565. The van der Waals surface area contributed by atoms with Crippen molar-refractivity contribution in [2.45, 2.75) is 76.3 Å². The van der Waals surface area contributed by atoms with Crippen LogP contribution < -0.4 is 0 Å². The lowest BCUT2D eigenvalue weighted by Gasteiger charge is -2.40. The molecule has 4 nitrogen and oxygen atoms in total. The first-order valence-corrected chi connectivity index (χ1v) is 11.6. The van der Waals surface area contributed by atoms with E-state index in [1.165, 1.54) is 73.9 Å². The zero-order valence-corrected chi connectivity index (χ0v) is 17.5. The molecule has 0 unspecified atom stereocenters. The molecule has 1 heterocycles. The van der Waals surface area contributed by atoms with Gasteiger partial charge in [0.15, 0.2) is 5.17 Å². The number of hydrogen-bond acceptors (Lipinski definition) is 3. The van der Waals surface area contributed by atoms with Gasteiger partial charge in [-0.2, -0.15) is 0 Å². The molecule has 5 heteroatoms. The van der Waals surface area contributed by atoms with Crippen LogP contribution in [0.15, 0.2) is 29.3 Å². The van der Waals surface area contributed by atoms with Crippen molar-refractivity contribution in [3.05, 3.63) is 35.4 Å². The van der Waals surface area contributed by atoms with Crippen LogP contribution in [0.4, 0.5) is 5.69 Å². The summed E-state index contributed by atoms with van der Waals surface area (Å²) in [6, 6.07) is 6.77. The number of nitrogens with zero attached hydrogens (tertiary/aromatic N) is 2. The SMILES string of the molecule is CCc1cc(/C=C/C(=O)O)ccc1N=C1SCC2(CCCC2)N1C1CCCC1. The third-order valence-electron chi connectivity index (χ3n) is 6.53. The Morgan fingerprint density at radius 3 is 2.71 bits per heavy atom. The summed E-state index contributed by atoms with van der Waals surface area (Å²) in [6.45, 7) is 2.14. The van der Waals surface area contributed by atoms with Crippen LogP contribution in [-0.2, 0) is 11.2 Å². The number of benzene rings is 1. The van der Waals surface area contributed by atoms with Gasteiger partial charge in [-0.3, -0.25) is 0 Å². The highest BCUT2D eigenvalue weighted by molar-refractivity contribution is 8.14. The van der Waals surface area contributed by atoms with Crippen molar-refractivity contribution in [3.8, 4) is 0 Å². The van der Waals surface area contributed by atoms with Crippen molar-refractivity contribution in [2.24, 2.45) is 4.99 Å². The van der Waals surface area contributed by atoms with E-state index in [0.717, 1.165) is 17.7 Å². The number of carboxylic acids is 1. The summed E-state index contributed by atoms with van der Waals surface area (Å²) in [7, 11) is 0. The van der Waals surface area contributed by atoms with E-state index in [9.17, 15) is 4.79 Å². The Morgan fingerprint density at radius 1 is 1.29 bits per heavy atom. The maximum Gasteiger partial charge on any atom is 0.328 e. The van der Waals surface area contributed by atoms with E-state index in [2.05, 4.69) is 24.0 Å². The Bertz CT molecular complexity index is 790. The molecule has 1 saturated heterocycles. The molecule has 1 aliphatic heterocycles. The van der Waals surface area contributed by atoms with Crippen LogP contribution in [0.5, 0.6) is 0 Å². The van der Waals surface area contributed by atoms with Gasteiger partial charge in [-0.1, -0.05) is 50.4 Å². The van der Waals surface area contributed by atoms with Gasteiger partial charge in [0.2, 0.25) is 0 Å². The third kappa shape index (κ3) is 3.86. The Morgan fingerprint density at radius 2 is 2.04 bits per heavy atom. The maximum absolute atomic E-state index is 10.8. The number of aliphatic carboxylic acids is 1. The molecular formula is C23H30N2O2S. The molecule has 0 aromatic heterocycles. The van der Waals surface area contributed by atoms with E-state index >= 15 is 0 Å². The molecule has 2 aliphatic carbocycles. The number of amidine groups is 1. The highest BCUT2D eigenvalue weighted by Gasteiger charge is 2.49. The van der Waals surface area contributed by atoms with Crippen molar-refractivity contribution in [1.82, 2.24) is 4.90 Å². The normalized spacial score (nSPS) is 23.6. The molecule has 1 N–H and O–H groups in total. The largest absolute Gasteiger partial charge is 0.478 e. The number of carboxylic acid groups (broad SMARTS) is 1. The molecule has 150 valence electrons. The predicted molar refractivity (Wildman–Crippen MR) is 117 cm³/mol. The molecule has 0 bridgehead atoms. The topological polar surface area (TPSA) is 52.9 Å². The second-order valence-corrected chi connectivity index (χ2v) is 9.28. The molecule has 2 saturated carbocycles. The molecule has 1 spiro atoms. The summed E-state index contributed by atoms with van der Waals surface area (Å²) in [6.07, 6.45) is 14.4. The summed E-state index contributed by atoms with van der Waals surface area (Å²) >= 11 is 1.95. The molecular weight excluding hydrogens is 368 g/mol. The maximum atomic E-state index is 10.8. The van der Waals surface area contributed by atoms with Crippen LogP contribution >= 0.6 is 11.8 Å². The van der Waals surface area contributed by atoms with Gasteiger partial charge in [0.25, 0.3) is 0 Å². The standard InChI is InChI=1S/C23H30N2O2S/c1-2-18-15-17(10-12-21(26)27)9-11-20(18)24-22-25(19-7-3-4-8-19)23(16-28-22)13-5-6-14-23/h9-12,15,19H,2-8,13-14,16H2,1H3,(H,26,27)/b12-10+,24-22?. The monoisotopic (exact) mass is 398 g/mol. The van der Waals surface area contributed by atoms with Crippen LogP contribution in [0.1, 0.15) is 69.4 Å². The van der Waals surface area contributed by atoms with E-state index in [-0.39, 0.29) is 0 Å². The number of rotatable bonds is 5. The number of hydrogen-bond donors (Lipinski definition) is 1. The number of aryl methyl sites for hydroxylation is 1. The van der Waals surface area contributed by atoms with Crippen LogP contribution in [0.25, 0.3) is 6.08 Å². The first-order valence-electron chi connectivity index (χ1n) is 10.7. The quantitative estimate of drug-likeness (QED) is 0.652. The molecule has 0 amide bonds. The molecule has 0 atom stereocenters. The second kappa shape index (κ2) is 8.32. The highest BCUT2D eigenvalue weighted by Crippen LogP contribution is 2.48. The Balaban J connectivity index is 1.66. The lowest BCUT2D eigenvalue weighted by atomic mass is 9.95. The lowest BCUT2D eigenvalue weighted by Crippen LogP contribution is -2.50. The molecule has 28 heavy (non-hydrogen) atoms. The van der Waals surface area contributed by atoms with Crippen LogP contribution in [0.3, 0.4) is 0 Å². The van der Waals surface area contributed by atoms with E-state index in [1.54, 1.807) is 6.08 Å². The van der Waals surface area contributed by atoms with Gasteiger partial charge in [-0.15, -0.1) is 0 Å². The number of thioether (sulfide) groups is 1. The van der Waals surface area contributed by atoms with Gasteiger partial charge in [-0.05, 0) is 61.4 Å². The van der Waals surface area contributed by atoms with E-state index in [0.29, 0.717) is 11.6 Å². The Kier molecular flexibility index (Phi) is 5.81. The summed E-state index contributed by atoms with van der Waals surface area (Å²) < 4.78 is 0. The zero-order chi connectivity index (χ0) is 19.6. The summed E-state index contributed by atoms with van der Waals surface area (Å²) in [5.41, 5.74) is 3.48. The Labute approximate surface area is 172 Å². The summed E-state index contributed by atoms with van der Waals surface area (Å²) in [4.78, 5) is 18.7. The highest BCUT2D eigenvalue weighted by atomic mass is 32.2. The van der Waals surface area contributed by atoms with Crippen molar-refractivity contribution in [2.75, 3.05) is 5.75 Å². The van der Waals surface area contributed by atoms with Crippen LogP contribution in [-0.4, -0.2) is 38.5 Å². The minimum atomic E-state index is -0.918. The number of carbonyl (C=O) groups is 1. The van der Waals surface area contributed by atoms with Crippen molar-refractivity contribution in [3.63, 3.8) is 0 Å². The van der Waals surface area contributed by atoms with E-state index < -0.39 is 5.97 Å². The van der Waals surface area contributed by atoms with Crippen molar-refractivity contribution >= 4 is 34.7 Å². The van der Waals surface area contributed by atoms with Gasteiger partial charge in [0.05, 0.1) is 11.2 Å². The fourth-order valence-electron chi connectivity index (χ4n) is 5.12. The van der Waals surface area contributed by atoms with Gasteiger partial charge in [0.1, 0.15) is 0 Å². The number of aliphatic imine (C=N–C) groups is 1. The summed E-state index contributed by atoms with van der Waals surface area (Å²) in [5, 5.41) is 10.1. The first-order chi connectivity index (χ1) is 13.6. The average molecular weight is 399 g/mol. The fourth-order valence-corrected chi connectivity index (χ4v) is 6.59. The van der Waals surface area contributed by atoms with Crippen LogP contribution in [0.2, 0.25) is 0 Å². The Hall–Kier alpha value is -1.75.